The SMILES string of the molecule is COc1c2ccoc2c(OCc2ccc(C(=O)O)cc2)c2oc(C)cc(=O)c12. The molecule has 0 radical (unpaired) electrons. The van der Waals surface area contributed by atoms with Gasteiger partial charge in [0.1, 0.15) is 23.5 Å². The number of furan rings is 1. The van der Waals surface area contributed by atoms with Crippen LogP contribution in [0, 0.1) is 6.92 Å². The van der Waals surface area contributed by atoms with E-state index in [9.17, 15) is 9.59 Å². The molecule has 0 fully saturated rings. The van der Waals surface area contributed by atoms with Gasteiger partial charge in [-0.1, -0.05) is 12.1 Å². The summed E-state index contributed by atoms with van der Waals surface area (Å²) in [5, 5.41) is 9.88. The van der Waals surface area contributed by atoms with Crippen LogP contribution < -0.4 is 14.9 Å². The minimum absolute atomic E-state index is 0.134. The largest absolute Gasteiger partial charge is 0.495 e. The van der Waals surface area contributed by atoms with Crippen LogP contribution in [0.4, 0.5) is 0 Å². The molecule has 2 heterocycles. The van der Waals surface area contributed by atoms with E-state index in [4.69, 9.17) is 23.4 Å². The minimum atomic E-state index is -0.997. The lowest BCUT2D eigenvalue weighted by Crippen LogP contribution is -2.05. The Kier molecular flexibility index (Phi) is 4.27. The summed E-state index contributed by atoms with van der Waals surface area (Å²) in [7, 11) is 1.48. The van der Waals surface area contributed by atoms with E-state index in [0.717, 1.165) is 5.56 Å². The Morgan fingerprint density at radius 3 is 2.54 bits per heavy atom. The number of methoxy groups -OCH3 is 1. The molecule has 7 nitrogen and oxygen atoms in total. The van der Waals surface area contributed by atoms with Gasteiger partial charge < -0.3 is 23.4 Å². The van der Waals surface area contributed by atoms with Gasteiger partial charge in [0, 0.05) is 6.07 Å². The fourth-order valence-corrected chi connectivity index (χ4v) is 3.13. The number of benzene rings is 2. The summed E-state index contributed by atoms with van der Waals surface area (Å²) in [5.41, 5.74) is 1.35. The van der Waals surface area contributed by atoms with Crippen LogP contribution in [0.2, 0.25) is 0 Å². The van der Waals surface area contributed by atoms with Gasteiger partial charge in [-0.3, -0.25) is 4.79 Å². The summed E-state index contributed by atoms with van der Waals surface area (Å²) in [4.78, 5) is 23.6. The summed E-state index contributed by atoms with van der Waals surface area (Å²) < 4.78 is 22.8. The van der Waals surface area contributed by atoms with Crippen molar-refractivity contribution in [3.63, 3.8) is 0 Å². The number of fused-ring (bicyclic) bond motifs is 2. The first-order valence-corrected chi connectivity index (χ1v) is 8.46. The molecule has 142 valence electrons. The van der Waals surface area contributed by atoms with Crippen molar-refractivity contribution in [2.45, 2.75) is 13.5 Å². The van der Waals surface area contributed by atoms with Gasteiger partial charge in [-0.05, 0) is 30.7 Å². The molecule has 0 saturated carbocycles. The zero-order valence-corrected chi connectivity index (χ0v) is 15.1. The summed E-state index contributed by atoms with van der Waals surface area (Å²) >= 11 is 0. The van der Waals surface area contributed by atoms with Crippen molar-refractivity contribution in [1.82, 2.24) is 0 Å². The maximum Gasteiger partial charge on any atom is 0.335 e. The van der Waals surface area contributed by atoms with Crippen molar-refractivity contribution in [1.29, 1.82) is 0 Å². The molecule has 0 unspecified atom stereocenters. The third-order valence-corrected chi connectivity index (χ3v) is 4.41. The molecule has 0 saturated heterocycles. The van der Waals surface area contributed by atoms with Crippen LogP contribution in [0.3, 0.4) is 0 Å². The fourth-order valence-electron chi connectivity index (χ4n) is 3.13. The van der Waals surface area contributed by atoms with E-state index in [-0.39, 0.29) is 28.6 Å². The van der Waals surface area contributed by atoms with Crippen LogP contribution in [-0.4, -0.2) is 18.2 Å². The van der Waals surface area contributed by atoms with Gasteiger partial charge in [0.2, 0.25) is 5.75 Å². The lowest BCUT2D eigenvalue weighted by atomic mass is 10.1. The number of rotatable bonds is 5. The van der Waals surface area contributed by atoms with Gasteiger partial charge >= 0.3 is 5.97 Å². The van der Waals surface area contributed by atoms with Gasteiger partial charge in [-0.25, -0.2) is 4.79 Å². The standard InChI is InChI=1S/C21H16O7/c1-11-9-15(22)16-17(25-2)14-7-8-26-18(14)20(19(16)28-11)27-10-12-3-5-13(6-4-12)21(23)24/h3-9H,10H2,1-2H3,(H,23,24). The van der Waals surface area contributed by atoms with Crippen molar-refractivity contribution in [2.75, 3.05) is 7.11 Å². The maximum absolute atomic E-state index is 12.6. The molecule has 4 aromatic rings. The lowest BCUT2D eigenvalue weighted by Gasteiger charge is -2.13. The number of aromatic carboxylic acids is 1. The lowest BCUT2D eigenvalue weighted by molar-refractivity contribution is 0.0697. The number of ether oxygens (including phenoxy) is 2. The van der Waals surface area contributed by atoms with Crippen LogP contribution in [0.15, 0.2) is 56.3 Å². The molecule has 0 bridgehead atoms. The number of carboxylic acids is 1. The van der Waals surface area contributed by atoms with E-state index in [0.29, 0.717) is 28.2 Å². The van der Waals surface area contributed by atoms with Gasteiger partial charge in [0.25, 0.3) is 0 Å². The van der Waals surface area contributed by atoms with Crippen LogP contribution in [0.1, 0.15) is 21.7 Å². The highest BCUT2D eigenvalue weighted by Gasteiger charge is 2.23. The van der Waals surface area contributed by atoms with Gasteiger partial charge in [-0.15, -0.1) is 0 Å². The number of hydrogen-bond acceptors (Lipinski definition) is 6. The maximum atomic E-state index is 12.6. The summed E-state index contributed by atoms with van der Waals surface area (Å²) in [5.74, 6) is 0.0915. The number of aryl methyl sites for hydroxylation is 1. The Hall–Kier alpha value is -3.74. The van der Waals surface area contributed by atoms with Crippen LogP contribution in [0.25, 0.3) is 21.9 Å². The molecule has 1 N–H and O–H groups in total. The van der Waals surface area contributed by atoms with Crippen LogP contribution in [-0.2, 0) is 6.61 Å². The molecule has 0 aliphatic heterocycles. The Morgan fingerprint density at radius 2 is 1.86 bits per heavy atom. The summed E-state index contributed by atoms with van der Waals surface area (Å²) in [6.45, 7) is 1.81. The van der Waals surface area contributed by atoms with Crippen molar-refractivity contribution in [2.24, 2.45) is 0 Å². The van der Waals surface area contributed by atoms with E-state index < -0.39 is 5.97 Å². The molecular formula is C21H16O7. The van der Waals surface area contributed by atoms with E-state index >= 15 is 0 Å². The summed E-state index contributed by atoms with van der Waals surface area (Å²) in [6, 6.07) is 9.41. The molecule has 0 atom stereocenters. The van der Waals surface area contributed by atoms with E-state index in [1.807, 2.05) is 0 Å². The third kappa shape index (κ3) is 2.87. The topological polar surface area (TPSA) is 99.1 Å². The molecule has 0 aliphatic carbocycles. The van der Waals surface area contributed by atoms with E-state index in [1.165, 1.54) is 31.6 Å². The van der Waals surface area contributed by atoms with Crippen LogP contribution in [0.5, 0.6) is 11.5 Å². The van der Waals surface area contributed by atoms with Crippen molar-refractivity contribution < 1.29 is 28.2 Å². The number of carbonyl (C=O) groups is 1. The second-order valence-corrected chi connectivity index (χ2v) is 6.24. The predicted octanol–water partition coefficient (Wildman–Crippen LogP) is 4.13. The minimum Gasteiger partial charge on any atom is -0.495 e. The van der Waals surface area contributed by atoms with Crippen LogP contribution >= 0.6 is 0 Å². The average Bonchev–Trinajstić information content (AvgIpc) is 3.15. The Balaban J connectivity index is 1.84. The van der Waals surface area contributed by atoms with Crippen molar-refractivity contribution >= 4 is 27.9 Å². The Bertz CT molecular complexity index is 1250. The predicted molar refractivity (Wildman–Crippen MR) is 101 cm³/mol. The number of carboxylic acid groups (broad SMARTS) is 1. The van der Waals surface area contributed by atoms with E-state index in [1.54, 1.807) is 25.1 Å². The zero-order chi connectivity index (χ0) is 19.8. The summed E-state index contributed by atoms with van der Waals surface area (Å²) in [6.07, 6.45) is 1.48. The molecule has 0 spiro atoms. The Morgan fingerprint density at radius 1 is 1.11 bits per heavy atom. The second-order valence-electron chi connectivity index (χ2n) is 6.24. The molecule has 4 rings (SSSR count). The second kappa shape index (κ2) is 6.77. The van der Waals surface area contributed by atoms with Gasteiger partial charge in [0.15, 0.2) is 16.6 Å². The molecule has 0 amide bonds. The molecule has 0 aliphatic rings. The van der Waals surface area contributed by atoms with E-state index in [2.05, 4.69) is 0 Å². The van der Waals surface area contributed by atoms with Gasteiger partial charge in [-0.2, -0.15) is 0 Å². The highest BCUT2D eigenvalue weighted by molar-refractivity contribution is 6.06. The van der Waals surface area contributed by atoms with Crippen molar-refractivity contribution in [3.05, 3.63) is 69.8 Å². The molecule has 2 aromatic carbocycles. The fraction of sp³-hybridized carbons (Fsp3) is 0.143. The third-order valence-electron chi connectivity index (χ3n) is 4.41. The first kappa shape index (κ1) is 17.7. The average molecular weight is 380 g/mol. The molecule has 28 heavy (non-hydrogen) atoms. The first-order chi connectivity index (χ1) is 13.5. The van der Waals surface area contributed by atoms with Gasteiger partial charge in [0.05, 0.1) is 24.3 Å². The number of hydrogen-bond donors (Lipinski definition) is 1. The monoisotopic (exact) mass is 380 g/mol. The quantitative estimate of drug-likeness (QED) is 0.556. The highest BCUT2D eigenvalue weighted by Crippen LogP contribution is 2.42. The normalized spacial score (nSPS) is 11.1. The molecular weight excluding hydrogens is 364 g/mol. The molecule has 2 aromatic heterocycles. The smallest absolute Gasteiger partial charge is 0.335 e. The van der Waals surface area contributed by atoms with Crippen molar-refractivity contribution in [3.8, 4) is 11.5 Å². The zero-order valence-electron chi connectivity index (χ0n) is 15.1. The molecule has 7 heteroatoms. The highest BCUT2D eigenvalue weighted by atomic mass is 16.5. The first-order valence-electron chi connectivity index (χ1n) is 8.46. The Labute approximate surface area is 158 Å².